The summed E-state index contributed by atoms with van der Waals surface area (Å²) in [7, 11) is -3.17. The summed E-state index contributed by atoms with van der Waals surface area (Å²) in [5.74, 6) is 1.25. The first-order valence-electron chi connectivity index (χ1n) is 7.86. The Morgan fingerprint density at radius 2 is 2.09 bits per heavy atom. The number of fused-ring (bicyclic) bond motifs is 1. The molecule has 3 heterocycles. The van der Waals surface area contributed by atoms with Crippen LogP contribution in [-0.2, 0) is 23.0 Å². The van der Waals surface area contributed by atoms with Gasteiger partial charge in [-0.1, -0.05) is 13.8 Å². The Bertz CT molecular complexity index is 727. The van der Waals surface area contributed by atoms with Crippen molar-refractivity contribution >= 4 is 15.9 Å². The lowest BCUT2D eigenvalue weighted by atomic mass is 9.86. The average Bonchev–Trinajstić information content (AvgIpc) is 3.10. The number of nitrogens with zero attached hydrogens (tertiary/aromatic N) is 4. The molecule has 0 aliphatic carbocycles. The molecule has 128 valence electrons. The zero-order valence-electron chi connectivity index (χ0n) is 13.7. The van der Waals surface area contributed by atoms with E-state index < -0.39 is 10.0 Å². The Morgan fingerprint density at radius 3 is 2.70 bits per heavy atom. The number of hydrogen-bond acceptors (Lipinski definition) is 5. The Balaban J connectivity index is 1.74. The summed E-state index contributed by atoms with van der Waals surface area (Å²) in [6, 6.07) is 0. The fourth-order valence-corrected chi connectivity index (χ4v) is 4.28. The van der Waals surface area contributed by atoms with Crippen LogP contribution in [0.15, 0.2) is 0 Å². The van der Waals surface area contributed by atoms with Crippen LogP contribution in [0, 0.1) is 11.3 Å². The lowest BCUT2D eigenvalue weighted by molar-refractivity contribution is 0.0932. The Labute approximate surface area is 136 Å². The van der Waals surface area contributed by atoms with Crippen molar-refractivity contribution in [2.45, 2.75) is 33.2 Å². The molecule has 23 heavy (non-hydrogen) atoms. The van der Waals surface area contributed by atoms with E-state index in [1.54, 1.807) is 0 Å². The van der Waals surface area contributed by atoms with Crippen LogP contribution in [0.25, 0.3) is 0 Å². The third-order valence-corrected chi connectivity index (χ3v) is 5.85. The fourth-order valence-electron chi connectivity index (χ4n) is 3.35. The van der Waals surface area contributed by atoms with Gasteiger partial charge in [0.05, 0.1) is 6.26 Å². The fraction of sp³-hybridized carbons (Fsp3) is 0.786. The highest BCUT2D eigenvalue weighted by atomic mass is 32.2. The highest BCUT2D eigenvalue weighted by Crippen LogP contribution is 2.41. The molecule has 9 heteroatoms. The van der Waals surface area contributed by atoms with Gasteiger partial charge in [0.1, 0.15) is 5.82 Å². The molecule has 3 rings (SSSR count). The van der Waals surface area contributed by atoms with E-state index in [9.17, 15) is 13.2 Å². The quantitative estimate of drug-likeness (QED) is 0.823. The summed E-state index contributed by atoms with van der Waals surface area (Å²) in [4.78, 5) is 12.3. The predicted octanol–water partition coefficient (Wildman–Crippen LogP) is -0.128. The van der Waals surface area contributed by atoms with Crippen LogP contribution >= 0.6 is 0 Å². The number of aromatic nitrogens is 3. The second kappa shape index (κ2) is 5.55. The molecule has 1 unspecified atom stereocenters. The van der Waals surface area contributed by atoms with Crippen LogP contribution in [0.2, 0.25) is 0 Å². The maximum absolute atomic E-state index is 12.3. The van der Waals surface area contributed by atoms with E-state index in [4.69, 9.17) is 0 Å². The largest absolute Gasteiger partial charge is 0.349 e. The molecule has 1 fully saturated rings. The highest BCUT2D eigenvalue weighted by molar-refractivity contribution is 7.88. The van der Waals surface area contributed by atoms with E-state index >= 15 is 0 Å². The Morgan fingerprint density at radius 1 is 1.35 bits per heavy atom. The number of rotatable bonds is 4. The number of nitrogens with one attached hydrogen (secondary N) is 1. The molecule has 1 N–H and O–H groups in total. The van der Waals surface area contributed by atoms with Crippen LogP contribution in [-0.4, -0.2) is 59.3 Å². The Hall–Kier alpha value is -1.48. The summed E-state index contributed by atoms with van der Waals surface area (Å²) in [5, 5.41) is 11.0. The molecular formula is C14H23N5O3S. The zero-order chi connectivity index (χ0) is 16.8. The lowest BCUT2D eigenvalue weighted by Gasteiger charge is -2.22. The van der Waals surface area contributed by atoms with Crippen LogP contribution < -0.4 is 5.32 Å². The van der Waals surface area contributed by atoms with Crippen LogP contribution in [0.4, 0.5) is 0 Å². The molecule has 0 saturated carbocycles. The zero-order valence-corrected chi connectivity index (χ0v) is 14.6. The van der Waals surface area contributed by atoms with Crippen molar-refractivity contribution in [3.63, 3.8) is 0 Å². The van der Waals surface area contributed by atoms with E-state index in [0.29, 0.717) is 44.3 Å². The van der Waals surface area contributed by atoms with Crippen molar-refractivity contribution in [2.75, 3.05) is 25.9 Å². The highest BCUT2D eigenvalue weighted by Gasteiger charge is 2.47. The Kier molecular flexibility index (Phi) is 3.96. The monoisotopic (exact) mass is 341 g/mol. The molecule has 8 nitrogen and oxygen atoms in total. The number of sulfonamides is 1. The van der Waals surface area contributed by atoms with Gasteiger partial charge in [0, 0.05) is 38.0 Å². The SMILES string of the molecule is CC(C)CNC(=O)c1nnc2n1CC1(CCN(S(C)(=O)=O)C1)C2. The first-order valence-corrected chi connectivity index (χ1v) is 9.70. The second-order valence-corrected chi connectivity index (χ2v) is 9.14. The molecule has 0 aromatic carbocycles. The van der Waals surface area contributed by atoms with Gasteiger partial charge in [-0.25, -0.2) is 12.7 Å². The van der Waals surface area contributed by atoms with Gasteiger partial charge >= 0.3 is 0 Å². The van der Waals surface area contributed by atoms with Crippen LogP contribution in [0.3, 0.4) is 0 Å². The first-order chi connectivity index (χ1) is 10.7. The smallest absolute Gasteiger partial charge is 0.289 e. The molecule has 1 saturated heterocycles. The topological polar surface area (TPSA) is 97.2 Å². The van der Waals surface area contributed by atoms with Gasteiger partial charge in [-0.2, -0.15) is 0 Å². The minimum absolute atomic E-state index is 0.151. The van der Waals surface area contributed by atoms with Crippen LogP contribution in [0.5, 0.6) is 0 Å². The molecule has 2 aliphatic rings. The summed E-state index contributed by atoms with van der Waals surface area (Å²) >= 11 is 0. The molecule has 2 aliphatic heterocycles. The minimum Gasteiger partial charge on any atom is -0.349 e. The number of carbonyl (C=O) groups is 1. The van der Waals surface area contributed by atoms with Gasteiger partial charge in [0.2, 0.25) is 15.8 Å². The summed E-state index contributed by atoms with van der Waals surface area (Å²) in [6.45, 7) is 6.28. The van der Waals surface area contributed by atoms with Crippen molar-refractivity contribution in [1.29, 1.82) is 0 Å². The molecule has 1 aromatic heterocycles. The maximum atomic E-state index is 12.3. The predicted molar refractivity (Wildman–Crippen MR) is 84.4 cm³/mol. The summed E-state index contributed by atoms with van der Waals surface area (Å²) < 4.78 is 26.8. The minimum atomic E-state index is -3.17. The number of amides is 1. The standard InChI is InChI=1S/C14H23N5O3S/c1-10(2)7-15-13(20)12-17-16-11-6-14(9-19(11)12)4-5-18(8-14)23(3,21)22/h10H,4-9H2,1-3H3,(H,15,20). The first kappa shape index (κ1) is 16.4. The van der Waals surface area contributed by atoms with Crippen molar-refractivity contribution in [1.82, 2.24) is 24.4 Å². The van der Waals surface area contributed by atoms with Crippen molar-refractivity contribution in [3.8, 4) is 0 Å². The third kappa shape index (κ3) is 3.12. The average molecular weight is 341 g/mol. The molecule has 0 bridgehead atoms. The maximum Gasteiger partial charge on any atom is 0.289 e. The van der Waals surface area contributed by atoms with E-state index in [2.05, 4.69) is 15.5 Å². The van der Waals surface area contributed by atoms with E-state index in [1.807, 2.05) is 18.4 Å². The lowest BCUT2D eigenvalue weighted by Crippen LogP contribution is -2.33. The molecular weight excluding hydrogens is 318 g/mol. The summed E-state index contributed by atoms with van der Waals surface area (Å²) in [6.07, 6.45) is 2.70. The molecule has 1 aromatic rings. The van der Waals surface area contributed by atoms with Gasteiger partial charge in [0.15, 0.2) is 0 Å². The van der Waals surface area contributed by atoms with Gasteiger partial charge in [0.25, 0.3) is 5.91 Å². The molecule has 1 spiro atoms. The molecule has 0 radical (unpaired) electrons. The van der Waals surface area contributed by atoms with Crippen molar-refractivity contribution in [2.24, 2.45) is 11.3 Å². The van der Waals surface area contributed by atoms with Gasteiger partial charge in [-0.3, -0.25) is 4.79 Å². The van der Waals surface area contributed by atoms with Gasteiger partial charge in [-0.05, 0) is 12.3 Å². The molecule has 1 atom stereocenters. The van der Waals surface area contributed by atoms with Crippen molar-refractivity contribution in [3.05, 3.63) is 11.6 Å². The summed E-state index contributed by atoms with van der Waals surface area (Å²) in [5.41, 5.74) is -0.151. The molecule has 1 amide bonds. The number of carbonyl (C=O) groups excluding carboxylic acids is 1. The normalized spacial score (nSPS) is 24.5. The van der Waals surface area contributed by atoms with E-state index in [1.165, 1.54) is 10.6 Å². The van der Waals surface area contributed by atoms with Crippen LogP contribution in [0.1, 0.15) is 36.7 Å². The van der Waals surface area contributed by atoms with E-state index in [-0.39, 0.29) is 11.3 Å². The number of hydrogen-bond donors (Lipinski definition) is 1. The third-order valence-electron chi connectivity index (χ3n) is 4.60. The second-order valence-electron chi connectivity index (χ2n) is 7.15. The van der Waals surface area contributed by atoms with Gasteiger partial charge < -0.3 is 9.88 Å². The van der Waals surface area contributed by atoms with Crippen molar-refractivity contribution < 1.29 is 13.2 Å². The van der Waals surface area contributed by atoms with E-state index in [0.717, 1.165) is 12.2 Å². The van der Waals surface area contributed by atoms with Gasteiger partial charge in [-0.15, -0.1) is 10.2 Å².